The second-order valence-corrected chi connectivity index (χ2v) is 8.27. The van der Waals surface area contributed by atoms with Crippen molar-refractivity contribution in [2.24, 2.45) is 0 Å². The molecule has 0 bridgehead atoms. The van der Waals surface area contributed by atoms with Gasteiger partial charge in [0.05, 0.1) is 16.8 Å². The highest BCUT2D eigenvalue weighted by atomic mass is 32.2. The Morgan fingerprint density at radius 3 is 2.48 bits per heavy atom. The molecule has 0 saturated carbocycles. The van der Waals surface area contributed by atoms with Gasteiger partial charge in [0.2, 0.25) is 0 Å². The van der Waals surface area contributed by atoms with Crippen LogP contribution in [0.3, 0.4) is 0 Å². The van der Waals surface area contributed by atoms with E-state index in [4.69, 9.17) is 5.73 Å². The fraction of sp³-hybridized carbons (Fsp3) is 0.375. The summed E-state index contributed by atoms with van der Waals surface area (Å²) in [6, 6.07) is 6.09. The first-order chi connectivity index (χ1) is 12.0. The number of benzene rings is 1. The van der Waals surface area contributed by atoms with Gasteiger partial charge in [0, 0.05) is 18.8 Å². The average molecular weight is 380 g/mol. The van der Waals surface area contributed by atoms with Crippen molar-refractivity contribution in [1.82, 2.24) is 9.97 Å². The van der Waals surface area contributed by atoms with Crippen molar-refractivity contribution in [2.45, 2.75) is 29.3 Å². The number of hydrogen-bond donors (Lipinski definition) is 2. The molecular formula is C16H21N5O2S2. The Morgan fingerprint density at radius 1 is 1.16 bits per heavy atom. The molecule has 2 aromatic rings. The Bertz CT molecular complexity index is 834. The Kier molecular flexibility index (Phi) is 5.33. The number of anilines is 3. The molecule has 1 saturated heterocycles. The summed E-state index contributed by atoms with van der Waals surface area (Å²) in [7, 11) is -3.75. The minimum Gasteiger partial charge on any atom is -0.399 e. The lowest BCUT2D eigenvalue weighted by molar-refractivity contribution is 0.576. The van der Waals surface area contributed by atoms with Crippen LogP contribution in [0.25, 0.3) is 0 Å². The maximum absolute atomic E-state index is 12.7. The van der Waals surface area contributed by atoms with Gasteiger partial charge in [-0.25, -0.2) is 18.4 Å². The summed E-state index contributed by atoms with van der Waals surface area (Å²) in [5.74, 6) is 0.318. The zero-order valence-corrected chi connectivity index (χ0v) is 15.6. The predicted octanol–water partition coefficient (Wildman–Crippen LogP) is 2.57. The highest BCUT2D eigenvalue weighted by Crippen LogP contribution is 2.29. The molecule has 0 radical (unpaired) electrons. The van der Waals surface area contributed by atoms with E-state index in [9.17, 15) is 8.42 Å². The molecule has 0 spiro atoms. The van der Waals surface area contributed by atoms with E-state index in [1.165, 1.54) is 30.3 Å². The maximum atomic E-state index is 12.7. The van der Waals surface area contributed by atoms with Crippen molar-refractivity contribution in [2.75, 3.05) is 34.7 Å². The summed E-state index contributed by atoms with van der Waals surface area (Å²) < 4.78 is 28.0. The van der Waals surface area contributed by atoms with Crippen LogP contribution in [0.5, 0.6) is 0 Å². The zero-order chi connectivity index (χ0) is 17.9. The fourth-order valence-corrected chi connectivity index (χ4v) is 4.09. The van der Waals surface area contributed by atoms with Crippen LogP contribution in [-0.4, -0.2) is 37.7 Å². The maximum Gasteiger partial charge on any atom is 0.263 e. The van der Waals surface area contributed by atoms with E-state index >= 15 is 0 Å². The number of piperidine rings is 1. The molecule has 0 aliphatic carbocycles. The summed E-state index contributed by atoms with van der Waals surface area (Å²) in [5.41, 5.74) is 6.87. The summed E-state index contributed by atoms with van der Waals surface area (Å²) in [6.45, 7) is 1.75. The molecular weight excluding hydrogens is 358 g/mol. The lowest BCUT2D eigenvalue weighted by atomic mass is 10.1. The number of thioether (sulfide) groups is 1. The van der Waals surface area contributed by atoms with Gasteiger partial charge < -0.3 is 10.6 Å². The molecule has 7 nitrogen and oxygen atoms in total. The predicted molar refractivity (Wildman–Crippen MR) is 102 cm³/mol. The highest BCUT2D eigenvalue weighted by molar-refractivity contribution is 7.98. The lowest BCUT2D eigenvalue weighted by Crippen LogP contribution is -2.31. The van der Waals surface area contributed by atoms with E-state index in [1.54, 1.807) is 18.3 Å². The van der Waals surface area contributed by atoms with Gasteiger partial charge in [-0.2, -0.15) is 0 Å². The Labute approximate surface area is 152 Å². The largest absolute Gasteiger partial charge is 0.399 e. The van der Waals surface area contributed by atoms with Gasteiger partial charge in [-0.1, -0.05) is 11.8 Å². The molecule has 0 unspecified atom stereocenters. The van der Waals surface area contributed by atoms with Crippen molar-refractivity contribution in [3.05, 3.63) is 30.5 Å². The minimum absolute atomic E-state index is 0.149. The number of sulfonamides is 1. The van der Waals surface area contributed by atoms with Crippen molar-refractivity contribution in [3.8, 4) is 0 Å². The number of hydrogen-bond acceptors (Lipinski definition) is 7. The van der Waals surface area contributed by atoms with Crippen LogP contribution in [0.1, 0.15) is 19.3 Å². The molecule has 1 fully saturated rings. The number of nitrogens with one attached hydrogen (secondary N) is 1. The summed E-state index contributed by atoms with van der Waals surface area (Å²) >= 11 is 1.37. The molecule has 1 aromatic heterocycles. The van der Waals surface area contributed by atoms with E-state index in [0.29, 0.717) is 16.7 Å². The van der Waals surface area contributed by atoms with Gasteiger partial charge in [0.25, 0.3) is 10.0 Å². The van der Waals surface area contributed by atoms with Crippen molar-refractivity contribution < 1.29 is 8.42 Å². The third kappa shape index (κ3) is 4.16. The average Bonchev–Trinajstić information content (AvgIpc) is 2.62. The third-order valence-corrected chi connectivity index (χ3v) is 5.96. The molecule has 1 aliphatic rings. The number of nitrogens with two attached hydrogens (primary N) is 1. The molecule has 25 heavy (non-hydrogen) atoms. The highest BCUT2D eigenvalue weighted by Gasteiger charge is 2.22. The lowest BCUT2D eigenvalue weighted by Gasteiger charge is -2.29. The molecule has 0 atom stereocenters. The topological polar surface area (TPSA) is 101 Å². The second-order valence-electron chi connectivity index (χ2n) is 5.81. The van der Waals surface area contributed by atoms with Gasteiger partial charge in [-0.3, -0.25) is 4.72 Å². The number of nitrogen functional groups attached to an aromatic ring is 1. The van der Waals surface area contributed by atoms with E-state index in [-0.39, 0.29) is 4.90 Å². The summed E-state index contributed by atoms with van der Waals surface area (Å²) in [5, 5.41) is 0.524. The van der Waals surface area contributed by atoms with Gasteiger partial charge in [-0.05, 0) is 49.8 Å². The Hall–Kier alpha value is -2.00. The van der Waals surface area contributed by atoms with E-state index in [1.807, 2.05) is 6.26 Å². The van der Waals surface area contributed by atoms with Gasteiger partial charge in [-0.15, -0.1) is 0 Å². The van der Waals surface area contributed by atoms with Crippen molar-refractivity contribution >= 4 is 39.0 Å². The van der Waals surface area contributed by atoms with Crippen LogP contribution in [0, 0.1) is 0 Å². The van der Waals surface area contributed by atoms with Crippen LogP contribution in [0.4, 0.5) is 17.2 Å². The van der Waals surface area contributed by atoms with Crippen LogP contribution in [0.15, 0.2) is 40.5 Å². The standard InChI is InChI=1S/C16H21N5O2S2/c1-24-16-18-11-14(21-9-3-2-4-10-21)15(19-16)20-25(22,23)13-7-5-12(17)6-8-13/h5-8,11H,2-4,9-10,17H2,1H3,(H,18,19,20). The molecule has 0 amide bonds. The van der Waals surface area contributed by atoms with Gasteiger partial charge in [0.15, 0.2) is 11.0 Å². The SMILES string of the molecule is CSc1ncc(N2CCCCC2)c(NS(=O)(=O)c2ccc(N)cc2)n1. The molecule has 1 aromatic carbocycles. The monoisotopic (exact) mass is 379 g/mol. The molecule has 1 aliphatic heterocycles. The molecule has 3 rings (SSSR count). The Balaban J connectivity index is 1.95. The number of rotatable bonds is 5. The summed E-state index contributed by atoms with van der Waals surface area (Å²) in [6.07, 6.45) is 6.90. The van der Waals surface area contributed by atoms with Gasteiger partial charge in [0.1, 0.15) is 0 Å². The molecule has 3 N–H and O–H groups in total. The molecule has 9 heteroatoms. The van der Waals surface area contributed by atoms with Crippen molar-refractivity contribution in [1.29, 1.82) is 0 Å². The van der Waals surface area contributed by atoms with Gasteiger partial charge >= 0.3 is 0 Å². The van der Waals surface area contributed by atoms with Crippen molar-refractivity contribution in [3.63, 3.8) is 0 Å². The minimum atomic E-state index is -3.75. The van der Waals surface area contributed by atoms with Crippen LogP contribution < -0.4 is 15.4 Å². The third-order valence-electron chi connectivity index (χ3n) is 4.05. The molecule has 2 heterocycles. The first-order valence-corrected chi connectivity index (χ1v) is 10.7. The van der Waals surface area contributed by atoms with Crippen LogP contribution >= 0.6 is 11.8 Å². The second kappa shape index (κ2) is 7.49. The van der Waals surface area contributed by atoms with E-state index < -0.39 is 10.0 Å². The fourth-order valence-electron chi connectivity index (χ4n) is 2.73. The van der Waals surface area contributed by atoms with E-state index in [2.05, 4.69) is 19.6 Å². The molecule has 134 valence electrons. The first kappa shape index (κ1) is 17.8. The first-order valence-electron chi connectivity index (χ1n) is 8.04. The quantitative estimate of drug-likeness (QED) is 0.468. The Morgan fingerprint density at radius 2 is 1.84 bits per heavy atom. The van der Waals surface area contributed by atoms with Crippen LogP contribution in [0.2, 0.25) is 0 Å². The number of aromatic nitrogens is 2. The zero-order valence-electron chi connectivity index (χ0n) is 14.0. The van der Waals surface area contributed by atoms with Crippen LogP contribution in [-0.2, 0) is 10.0 Å². The van der Waals surface area contributed by atoms with E-state index in [0.717, 1.165) is 31.6 Å². The normalized spacial score (nSPS) is 15.2. The number of nitrogens with zero attached hydrogens (tertiary/aromatic N) is 3. The summed E-state index contributed by atoms with van der Waals surface area (Å²) in [4.78, 5) is 11.0. The smallest absolute Gasteiger partial charge is 0.263 e.